The van der Waals surface area contributed by atoms with E-state index in [0.29, 0.717) is 34.6 Å². The van der Waals surface area contributed by atoms with Gasteiger partial charge in [0.1, 0.15) is 5.69 Å². The molecule has 0 spiro atoms. The predicted octanol–water partition coefficient (Wildman–Crippen LogP) is 8.17. The van der Waals surface area contributed by atoms with Crippen LogP contribution >= 0.6 is 0 Å². The fraction of sp³-hybridized carbons (Fsp3) is 0.386. The molecule has 8 nitrogen and oxygen atoms in total. The third-order valence-corrected chi connectivity index (χ3v) is 11.2. The maximum Gasteiger partial charge on any atom is 0.271 e. The number of nitrogens with zero attached hydrogens (tertiary/aromatic N) is 3. The molecule has 2 saturated heterocycles. The minimum Gasteiger partial charge on any atom is -0.392 e. The Kier molecular flexibility index (Phi) is 9.42. The Labute approximate surface area is 306 Å². The molecule has 2 bridgehead atoms. The van der Waals surface area contributed by atoms with Crippen molar-refractivity contribution in [2.45, 2.75) is 84.1 Å². The van der Waals surface area contributed by atoms with Crippen LogP contribution < -0.4 is 5.32 Å². The minimum atomic E-state index is -0.496. The quantitative estimate of drug-likeness (QED) is 0.161. The molecule has 8 heteroatoms. The molecule has 2 aliphatic heterocycles. The van der Waals surface area contributed by atoms with Gasteiger partial charge in [-0.2, -0.15) is 0 Å². The Morgan fingerprint density at radius 3 is 2.42 bits per heavy atom. The van der Waals surface area contributed by atoms with Crippen molar-refractivity contribution in [2.75, 3.05) is 13.1 Å². The van der Waals surface area contributed by atoms with E-state index in [4.69, 9.17) is 9.47 Å². The molecular formula is C44H48N4O4. The summed E-state index contributed by atoms with van der Waals surface area (Å²) in [6.07, 6.45) is 5.49. The number of rotatable bonds is 9. The smallest absolute Gasteiger partial charge is 0.271 e. The summed E-state index contributed by atoms with van der Waals surface area (Å²) in [4.78, 5) is 24.4. The summed E-state index contributed by atoms with van der Waals surface area (Å²) < 4.78 is 13.5. The van der Waals surface area contributed by atoms with E-state index >= 15 is 0 Å². The zero-order valence-electron chi connectivity index (χ0n) is 30.3. The number of ether oxygens (including phenoxy) is 2. The van der Waals surface area contributed by atoms with Gasteiger partial charge in [-0.25, -0.2) is 4.98 Å². The van der Waals surface area contributed by atoms with Crippen molar-refractivity contribution in [3.05, 3.63) is 131 Å². The molecular weight excluding hydrogens is 649 g/mol. The van der Waals surface area contributed by atoms with Crippen LogP contribution in [0.4, 0.5) is 0 Å². The van der Waals surface area contributed by atoms with Gasteiger partial charge in [-0.1, -0.05) is 99.6 Å². The first kappa shape index (κ1) is 34.6. The number of carbonyl (C=O) groups excluding carboxylic acids is 1. The van der Waals surface area contributed by atoms with Crippen LogP contribution in [-0.2, 0) is 22.6 Å². The van der Waals surface area contributed by atoms with Gasteiger partial charge in [-0.3, -0.25) is 14.7 Å². The molecule has 0 radical (unpaired) electrons. The number of benzene rings is 4. The van der Waals surface area contributed by atoms with Crippen LogP contribution in [0.3, 0.4) is 0 Å². The summed E-state index contributed by atoms with van der Waals surface area (Å²) in [6, 6.07) is 32.9. The third kappa shape index (κ3) is 7.53. The molecule has 2 N–H and O–H groups in total. The Bertz CT molecular complexity index is 2050. The zero-order chi connectivity index (χ0) is 35.9. The second-order valence-corrected chi connectivity index (χ2v) is 16.2. The zero-order valence-corrected chi connectivity index (χ0v) is 30.3. The Hall–Kier alpha value is -4.47. The summed E-state index contributed by atoms with van der Waals surface area (Å²) in [6.45, 7) is 9.74. The van der Waals surface area contributed by atoms with Crippen LogP contribution in [0.5, 0.6) is 0 Å². The number of fused-ring (bicyclic) bond motifs is 3. The summed E-state index contributed by atoms with van der Waals surface area (Å²) in [7, 11) is 0. The van der Waals surface area contributed by atoms with E-state index in [1.54, 1.807) is 0 Å². The maximum absolute atomic E-state index is 12.9. The fourth-order valence-corrected chi connectivity index (χ4v) is 9.12. The standard InChI is InChI=1S/C44H48N4O4/c1-43(2)21-35-22-44(3,27-43)28-48(35)25-36-20-40(32-13-11-29(26-49)12-14-32)52-42(51-36)33-17-15-31(16-18-33)34-8-6-7-30(19-34)23-46-41(50)39-24-45-37-9-4-5-10-38(37)47-39/h4-19,24,35-36,40,42,49H,20-23,25-28H2,1-3H3,(H,46,50)/t35?,36-,40+,42+,44?/m1/s1. The number of amides is 1. The van der Waals surface area contributed by atoms with Gasteiger partial charge in [0.05, 0.1) is 36.0 Å². The van der Waals surface area contributed by atoms with Gasteiger partial charge >= 0.3 is 0 Å². The van der Waals surface area contributed by atoms with Crippen molar-refractivity contribution in [1.82, 2.24) is 20.2 Å². The van der Waals surface area contributed by atoms with Crippen molar-refractivity contribution >= 4 is 16.9 Å². The molecule has 268 valence electrons. The van der Waals surface area contributed by atoms with E-state index in [1.165, 1.54) is 25.5 Å². The average Bonchev–Trinajstić information content (AvgIpc) is 3.40. The van der Waals surface area contributed by atoms with Gasteiger partial charge in [0.15, 0.2) is 6.29 Å². The van der Waals surface area contributed by atoms with E-state index in [2.05, 4.69) is 89.5 Å². The highest BCUT2D eigenvalue weighted by Gasteiger charge is 2.50. The van der Waals surface area contributed by atoms with Crippen molar-refractivity contribution in [3.8, 4) is 11.1 Å². The van der Waals surface area contributed by atoms with Crippen LogP contribution in [0.2, 0.25) is 0 Å². The van der Waals surface area contributed by atoms with Crippen molar-refractivity contribution < 1.29 is 19.4 Å². The van der Waals surface area contributed by atoms with E-state index < -0.39 is 6.29 Å². The lowest BCUT2D eigenvalue weighted by molar-refractivity contribution is -0.253. The van der Waals surface area contributed by atoms with Gasteiger partial charge in [0.25, 0.3) is 5.91 Å². The van der Waals surface area contributed by atoms with Crippen LogP contribution in [0.15, 0.2) is 103 Å². The lowest BCUT2D eigenvalue weighted by Crippen LogP contribution is -2.42. The summed E-state index contributed by atoms with van der Waals surface area (Å²) in [5.41, 5.74) is 8.59. The second kappa shape index (κ2) is 14.2. The molecule has 4 aromatic carbocycles. The van der Waals surface area contributed by atoms with E-state index in [1.807, 2.05) is 48.5 Å². The van der Waals surface area contributed by atoms with E-state index in [9.17, 15) is 9.90 Å². The van der Waals surface area contributed by atoms with Gasteiger partial charge in [0.2, 0.25) is 0 Å². The van der Waals surface area contributed by atoms with Gasteiger partial charge in [-0.15, -0.1) is 0 Å². The molecule has 1 amide bonds. The number of likely N-dealkylation sites (tertiary alicyclic amines) is 1. The van der Waals surface area contributed by atoms with Crippen LogP contribution in [0, 0.1) is 10.8 Å². The number of aliphatic hydroxyl groups excluding tert-OH is 1. The molecule has 1 aromatic heterocycles. The van der Waals surface area contributed by atoms with Crippen molar-refractivity contribution in [3.63, 3.8) is 0 Å². The lowest BCUT2D eigenvalue weighted by atomic mass is 9.65. The van der Waals surface area contributed by atoms with Crippen LogP contribution in [0.25, 0.3) is 22.2 Å². The summed E-state index contributed by atoms with van der Waals surface area (Å²) >= 11 is 0. The number of nitrogens with one attached hydrogen (secondary N) is 1. The largest absolute Gasteiger partial charge is 0.392 e. The first-order valence-electron chi connectivity index (χ1n) is 18.6. The Morgan fingerprint density at radius 1 is 0.865 bits per heavy atom. The molecule has 52 heavy (non-hydrogen) atoms. The van der Waals surface area contributed by atoms with Crippen LogP contribution in [0.1, 0.15) is 91.6 Å². The maximum atomic E-state index is 12.9. The Balaban J connectivity index is 0.966. The predicted molar refractivity (Wildman–Crippen MR) is 202 cm³/mol. The summed E-state index contributed by atoms with van der Waals surface area (Å²) in [5.74, 6) is -0.257. The summed E-state index contributed by atoms with van der Waals surface area (Å²) in [5, 5.41) is 12.6. The number of hydrogen-bond acceptors (Lipinski definition) is 7. The third-order valence-electron chi connectivity index (χ3n) is 11.2. The number of aliphatic hydroxyl groups is 1. The molecule has 5 aromatic rings. The second-order valence-electron chi connectivity index (χ2n) is 16.2. The highest BCUT2D eigenvalue weighted by Crippen LogP contribution is 2.53. The molecule has 3 heterocycles. The molecule has 1 saturated carbocycles. The highest BCUT2D eigenvalue weighted by molar-refractivity contribution is 5.93. The van der Waals surface area contributed by atoms with Crippen molar-refractivity contribution in [2.24, 2.45) is 10.8 Å². The average molecular weight is 697 g/mol. The normalized spacial score (nSPS) is 25.6. The molecule has 3 fully saturated rings. The number of aromatic nitrogens is 2. The van der Waals surface area contributed by atoms with Gasteiger partial charge in [-0.05, 0) is 76.1 Å². The molecule has 3 aliphatic rings. The monoisotopic (exact) mass is 696 g/mol. The topological polar surface area (TPSA) is 96.8 Å². The SMILES string of the molecule is CC1(C)CC2CC(C)(CN2C[C@H]2C[C@@H](c3ccc(CO)cc3)O[C@@H](c3ccc(-c4cccc(CNC(=O)c5cnc6ccccc6n5)c4)cc3)O2)C1. The lowest BCUT2D eigenvalue weighted by Gasteiger charge is -2.41. The van der Waals surface area contributed by atoms with Crippen molar-refractivity contribution in [1.29, 1.82) is 0 Å². The minimum absolute atomic E-state index is 0.0238. The highest BCUT2D eigenvalue weighted by atomic mass is 16.7. The number of hydrogen-bond donors (Lipinski definition) is 2. The molecule has 8 rings (SSSR count). The Morgan fingerprint density at radius 2 is 1.63 bits per heavy atom. The molecule has 1 aliphatic carbocycles. The van der Waals surface area contributed by atoms with Gasteiger partial charge < -0.3 is 19.9 Å². The molecule has 5 atom stereocenters. The molecule has 2 unspecified atom stereocenters. The first-order chi connectivity index (χ1) is 25.1. The van der Waals surface area contributed by atoms with Gasteiger partial charge in [0, 0.05) is 37.7 Å². The van der Waals surface area contributed by atoms with E-state index in [-0.39, 0.29) is 24.7 Å². The van der Waals surface area contributed by atoms with Crippen LogP contribution in [-0.4, -0.2) is 51.1 Å². The number of para-hydroxylation sites is 2. The number of carbonyl (C=O) groups is 1. The fourth-order valence-electron chi connectivity index (χ4n) is 9.12. The van der Waals surface area contributed by atoms with E-state index in [0.717, 1.165) is 58.4 Å². The first-order valence-corrected chi connectivity index (χ1v) is 18.6.